The maximum atomic E-state index is 11.5. The molecule has 1 aromatic rings. The molecule has 0 saturated carbocycles. The zero-order chi connectivity index (χ0) is 13.2. The summed E-state index contributed by atoms with van der Waals surface area (Å²) in [7, 11) is -3.18. The Morgan fingerprint density at radius 3 is 2.22 bits per heavy atom. The van der Waals surface area contributed by atoms with Crippen LogP contribution in [0.4, 0.5) is 11.4 Å². The van der Waals surface area contributed by atoms with Crippen molar-refractivity contribution in [2.45, 2.75) is 30.6 Å². The van der Waals surface area contributed by atoms with E-state index in [0.29, 0.717) is 10.6 Å². The highest BCUT2D eigenvalue weighted by atomic mass is 32.2. The minimum atomic E-state index is -3.18. The molecular formula is C13H20N2O2S. The first-order chi connectivity index (χ1) is 8.48. The molecule has 0 bridgehead atoms. The number of nitrogens with zero attached hydrogens (tertiary/aromatic N) is 1. The number of anilines is 2. The van der Waals surface area contributed by atoms with Crippen LogP contribution in [-0.2, 0) is 9.84 Å². The zero-order valence-electron chi connectivity index (χ0n) is 10.7. The fourth-order valence-corrected chi connectivity index (χ4v) is 3.02. The van der Waals surface area contributed by atoms with Crippen LogP contribution in [0.3, 0.4) is 0 Å². The predicted octanol–water partition coefficient (Wildman–Crippen LogP) is 2.05. The Hall–Kier alpha value is -1.23. The summed E-state index contributed by atoms with van der Waals surface area (Å²) in [5, 5.41) is 0. The van der Waals surface area contributed by atoms with Crippen molar-refractivity contribution in [3.8, 4) is 0 Å². The Morgan fingerprint density at radius 1 is 1.11 bits per heavy atom. The van der Waals surface area contributed by atoms with Gasteiger partial charge in [0.1, 0.15) is 0 Å². The number of nitrogens with two attached hydrogens (primary N) is 1. The van der Waals surface area contributed by atoms with Crippen molar-refractivity contribution in [2.75, 3.05) is 30.0 Å². The summed E-state index contributed by atoms with van der Waals surface area (Å²) in [6, 6.07) is 5.04. The molecule has 1 saturated heterocycles. The van der Waals surface area contributed by atoms with E-state index in [0.717, 1.165) is 18.8 Å². The second-order valence-corrected chi connectivity index (χ2v) is 6.91. The summed E-state index contributed by atoms with van der Waals surface area (Å²) in [5.74, 6) is 0. The lowest BCUT2D eigenvalue weighted by Crippen LogP contribution is -2.24. The average Bonchev–Trinajstić information content (AvgIpc) is 2.56. The van der Waals surface area contributed by atoms with E-state index in [1.165, 1.54) is 31.9 Å². The van der Waals surface area contributed by atoms with Crippen molar-refractivity contribution in [1.29, 1.82) is 0 Å². The largest absolute Gasteiger partial charge is 0.397 e. The van der Waals surface area contributed by atoms with Crippen LogP contribution in [0.1, 0.15) is 25.7 Å². The molecule has 2 N–H and O–H groups in total. The van der Waals surface area contributed by atoms with Gasteiger partial charge in [-0.25, -0.2) is 8.42 Å². The van der Waals surface area contributed by atoms with Gasteiger partial charge >= 0.3 is 0 Å². The summed E-state index contributed by atoms with van der Waals surface area (Å²) in [6.07, 6.45) is 6.07. The van der Waals surface area contributed by atoms with Crippen LogP contribution in [0.25, 0.3) is 0 Å². The van der Waals surface area contributed by atoms with Gasteiger partial charge in [0.2, 0.25) is 0 Å². The molecule has 0 amide bonds. The van der Waals surface area contributed by atoms with Gasteiger partial charge in [-0.2, -0.15) is 0 Å². The number of nitrogen functional groups attached to an aromatic ring is 1. The van der Waals surface area contributed by atoms with Gasteiger partial charge in [-0.15, -0.1) is 0 Å². The first kappa shape index (κ1) is 13.2. The minimum Gasteiger partial charge on any atom is -0.397 e. The van der Waals surface area contributed by atoms with Crippen LogP contribution < -0.4 is 10.6 Å². The van der Waals surface area contributed by atoms with Crippen LogP contribution >= 0.6 is 0 Å². The average molecular weight is 268 g/mol. The lowest BCUT2D eigenvalue weighted by atomic mass is 10.2. The van der Waals surface area contributed by atoms with E-state index in [1.807, 2.05) is 6.07 Å². The summed E-state index contributed by atoms with van der Waals surface area (Å²) >= 11 is 0. The van der Waals surface area contributed by atoms with Crippen molar-refractivity contribution in [3.63, 3.8) is 0 Å². The van der Waals surface area contributed by atoms with Crippen LogP contribution in [-0.4, -0.2) is 27.8 Å². The molecule has 0 aromatic heterocycles. The van der Waals surface area contributed by atoms with Gasteiger partial charge in [-0.3, -0.25) is 0 Å². The van der Waals surface area contributed by atoms with E-state index in [1.54, 1.807) is 12.1 Å². The molecule has 5 heteroatoms. The van der Waals surface area contributed by atoms with Gasteiger partial charge in [0, 0.05) is 19.3 Å². The Kier molecular flexibility index (Phi) is 3.80. The maximum Gasteiger partial charge on any atom is 0.175 e. The van der Waals surface area contributed by atoms with E-state index in [9.17, 15) is 8.42 Å². The van der Waals surface area contributed by atoms with E-state index in [4.69, 9.17) is 5.73 Å². The Morgan fingerprint density at radius 2 is 1.72 bits per heavy atom. The molecule has 1 aromatic carbocycles. The van der Waals surface area contributed by atoms with Crippen LogP contribution in [0.15, 0.2) is 23.1 Å². The molecule has 1 fully saturated rings. The summed E-state index contributed by atoms with van der Waals surface area (Å²) in [6.45, 7) is 2.00. The van der Waals surface area contributed by atoms with Gasteiger partial charge in [0.25, 0.3) is 0 Å². The van der Waals surface area contributed by atoms with Crippen molar-refractivity contribution in [2.24, 2.45) is 0 Å². The fourth-order valence-electron chi connectivity index (χ4n) is 2.36. The van der Waals surface area contributed by atoms with Crippen molar-refractivity contribution >= 4 is 21.2 Å². The molecule has 4 nitrogen and oxygen atoms in total. The van der Waals surface area contributed by atoms with Gasteiger partial charge < -0.3 is 10.6 Å². The van der Waals surface area contributed by atoms with Gasteiger partial charge in [-0.1, -0.05) is 12.8 Å². The molecule has 18 heavy (non-hydrogen) atoms. The third-order valence-corrected chi connectivity index (χ3v) is 4.48. The third kappa shape index (κ3) is 2.96. The van der Waals surface area contributed by atoms with Gasteiger partial charge in [-0.05, 0) is 31.0 Å². The summed E-state index contributed by atoms with van der Waals surface area (Å²) in [5.41, 5.74) is 7.51. The smallest absolute Gasteiger partial charge is 0.175 e. The monoisotopic (exact) mass is 268 g/mol. The van der Waals surface area contributed by atoms with Crippen molar-refractivity contribution in [3.05, 3.63) is 18.2 Å². The molecule has 1 aliphatic heterocycles. The molecule has 1 aliphatic rings. The molecule has 0 aliphatic carbocycles. The van der Waals surface area contributed by atoms with E-state index >= 15 is 0 Å². The SMILES string of the molecule is CS(=O)(=O)c1ccc(N2CCCCCC2)c(N)c1. The molecule has 100 valence electrons. The lowest BCUT2D eigenvalue weighted by molar-refractivity contribution is 0.602. The highest BCUT2D eigenvalue weighted by Crippen LogP contribution is 2.28. The van der Waals surface area contributed by atoms with Gasteiger partial charge in [0.15, 0.2) is 9.84 Å². The van der Waals surface area contributed by atoms with Gasteiger partial charge in [0.05, 0.1) is 16.3 Å². The van der Waals surface area contributed by atoms with E-state index in [-0.39, 0.29) is 0 Å². The molecule has 0 atom stereocenters. The normalized spacial score (nSPS) is 17.5. The number of hydrogen-bond acceptors (Lipinski definition) is 4. The fraction of sp³-hybridized carbons (Fsp3) is 0.538. The zero-order valence-corrected chi connectivity index (χ0v) is 11.5. The molecule has 0 spiro atoms. The molecule has 0 radical (unpaired) electrons. The third-order valence-electron chi connectivity index (χ3n) is 3.37. The lowest BCUT2D eigenvalue weighted by Gasteiger charge is -2.24. The second kappa shape index (κ2) is 5.18. The quantitative estimate of drug-likeness (QED) is 0.834. The molecular weight excluding hydrogens is 248 g/mol. The van der Waals surface area contributed by atoms with Crippen LogP contribution in [0, 0.1) is 0 Å². The number of benzene rings is 1. The number of sulfone groups is 1. The molecule has 2 rings (SSSR count). The Bertz CT molecular complexity index is 518. The van der Waals surface area contributed by atoms with E-state index < -0.39 is 9.84 Å². The predicted molar refractivity (Wildman–Crippen MR) is 74.6 cm³/mol. The minimum absolute atomic E-state index is 0.290. The maximum absolute atomic E-state index is 11.5. The topological polar surface area (TPSA) is 63.4 Å². The number of hydrogen-bond donors (Lipinski definition) is 1. The Balaban J connectivity index is 2.29. The van der Waals surface area contributed by atoms with Crippen LogP contribution in [0.5, 0.6) is 0 Å². The molecule has 0 unspecified atom stereocenters. The standard InChI is InChI=1S/C13H20N2O2S/c1-18(16,17)11-6-7-13(12(14)10-11)15-8-4-2-3-5-9-15/h6-7,10H,2-5,8-9,14H2,1H3. The first-order valence-corrected chi connectivity index (χ1v) is 8.22. The highest BCUT2D eigenvalue weighted by Gasteiger charge is 2.15. The van der Waals surface area contributed by atoms with E-state index in [2.05, 4.69) is 4.90 Å². The van der Waals surface area contributed by atoms with Crippen molar-refractivity contribution < 1.29 is 8.42 Å². The summed E-state index contributed by atoms with van der Waals surface area (Å²) in [4.78, 5) is 2.55. The first-order valence-electron chi connectivity index (χ1n) is 6.33. The second-order valence-electron chi connectivity index (χ2n) is 4.89. The highest BCUT2D eigenvalue weighted by molar-refractivity contribution is 7.90. The van der Waals surface area contributed by atoms with Crippen molar-refractivity contribution in [1.82, 2.24) is 0 Å². The summed E-state index contributed by atoms with van der Waals surface area (Å²) < 4.78 is 22.9. The Labute approximate surface area is 109 Å². The molecule has 1 heterocycles. The number of rotatable bonds is 2. The van der Waals surface area contributed by atoms with Crippen LogP contribution in [0.2, 0.25) is 0 Å².